The topological polar surface area (TPSA) is 27.7 Å². The number of fused-ring (bicyclic) bond motifs is 1. The molecule has 2 aromatic rings. The molecule has 0 aliphatic carbocycles. The average Bonchev–Trinajstić information content (AvgIpc) is 2.36. The Kier molecular flexibility index (Phi) is 2.86. The van der Waals surface area contributed by atoms with Gasteiger partial charge in [-0.2, -0.15) is 0 Å². The van der Waals surface area contributed by atoms with Gasteiger partial charge < -0.3 is 14.2 Å². The molecule has 0 bridgehead atoms. The van der Waals surface area contributed by atoms with Gasteiger partial charge in [-0.25, -0.2) is 0 Å². The second kappa shape index (κ2) is 4.31. The van der Waals surface area contributed by atoms with Crippen molar-refractivity contribution < 1.29 is 14.2 Å². The van der Waals surface area contributed by atoms with Gasteiger partial charge in [-0.3, -0.25) is 0 Å². The Morgan fingerprint density at radius 2 is 1.25 bits per heavy atom. The van der Waals surface area contributed by atoms with Gasteiger partial charge in [0, 0.05) is 5.39 Å². The molecule has 0 fully saturated rings. The molecule has 0 unspecified atom stereocenters. The normalized spacial score (nSPS) is 10.2. The second-order valence-electron chi connectivity index (χ2n) is 3.35. The van der Waals surface area contributed by atoms with Gasteiger partial charge >= 0.3 is 0 Å². The zero-order valence-electron chi connectivity index (χ0n) is 9.61. The Morgan fingerprint density at radius 1 is 0.688 bits per heavy atom. The maximum absolute atomic E-state index is 5.33. The highest BCUT2D eigenvalue weighted by atomic mass is 16.5. The molecular formula is C13H14O3. The van der Waals surface area contributed by atoms with Crippen LogP contribution in [0.15, 0.2) is 30.3 Å². The molecule has 3 nitrogen and oxygen atoms in total. The monoisotopic (exact) mass is 218 g/mol. The zero-order chi connectivity index (χ0) is 11.5. The maximum atomic E-state index is 5.33. The fourth-order valence-corrected chi connectivity index (χ4v) is 1.83. The molecule has 0 spiro atoms. The Hall–Kier alpha value is -1.90. The molecule has 0 aromatic heterocycles. The highest BCUT2D eigenvalue weighted by Crippen LogP contribution is 2.38. The summed E-state index contributed by atoms with van der Waals surface area (Å²) in [4.78, 5) is 0. The highest BCUT2D eigenvalue weighted by molar-refractivity contribution is 5.97. The molecule has 0 saturated heterocycles. The summed E-state index contributed by atoms with van der Waals surface area (Å²) in [5.74, 6) is 2.39. The molecule has 0 heterocycles. The molecule has 2 rings (SSSR count). The van der Waals surface area contributed by atoms with Crippen molar-refractivity contribution in [2.24, 2.45) is 0 Å². The van der Waals surface area contributed by atoms with Gasteiger partial charge in [-0.1, -0.05) is 12.1 Å². The van der Waals surface area contributed by atoms with Crippen molar-refractivity contribution in [1.82, 2.24) is 0 Å². The Balaban J connectivity index is 2.84. The smallest absolute Gasteiger partial charge is 0.130 e. The molecule has 0 aliphatic rings. The van der Waals surface area contributed by atoms with E-state index in [0.29, 0.717) is 0 Å². The standard InChI is InChI=1S/C13H14O3/c1-14-10-7-8-12(16-3)13-9(10)5-4-6-11(13)15-2/h4-8H,1-3H3. The van der Waals surface area contributed by atoms with Crippen LogP contribution in [0.5, 0.6) is 17.2 Å². The van der Waals surface area contributed by atoms with Crippen LogP contribution < -0.4 is 14.2 Å². The van der Waals surface area contributed by atoms with Crippen molar-refractivity contribution in [3.05, 3.63) is 30.3 Å². The van der Waals surface area contributed by atoms with Crippen molar-refractivity contribution in [3.63, 3.8) is 0 Å². The van der Waals surface area contributed by atoms with E-state index >= 15 is 0 Å². The minimum absolute atomic E-state index is 0.785. The van der Waals surface area contributed by atoms with Crippen molar-refractivity contribution in [3.8, 4) is 17.2 Å². The van der Waals surface area contributed by atoms with Crippen LogP contribution in [0, 0.1) is 0 Å². The predicted octanol–water partition coefficient (Wildman–Crippen LogP) is 2.87. The lowest BCUT2D eigenvalue weighted by molar-refractivity contribution is 0.400. The SMILES string of the molecule is COc1ccc(OC)c2c(OC)cccc12. The minimum Gasteiger partial charge on any atom is -0.496 e. The lowest BCUT2D eigenvalue weighted by Crippen LogP contribution is -1.92. The lowest BCUT2D eigenvalue weighted by Gasteiger charge is -2.12. The van der Waals surface area contributed by atoms with Crippen molar-refractivity contribution in [2.45, 2.75) is 0 Å². The van der Waals surface area contributed by atoms with Crippen molar-refractivity contribution in [1.29, 1.82) is 0 Å². The zero-order valence-corrected chi connectivity index (χ0v) is 9.61. The Morgan fingerprint density at radius 3 is 1.88 bits per heavy atom. The lowest BCUT2D eigenvalue weighted by atomic mass is 10.1. The molecular weight excluding hydrogens is 204 g/mol. The summed E-state index contributed by atoms with van der Waals surface area (Å²) >= 11 is 0. The maximum Gasteiger partial charge on any atom is 0.130 e. The summed E-state index contributed by atoms with van der Waals surface area (Å²) in [6.45, 7) is 0. The summed E-state index contributed by atoms with van der Waals surface area (Å²) in [6.07, 6.45) is 0. The van der Waals surface area contributed by atoms with E-state index in [-0.39, 0.29) is 0 Å². The van der Waals surface area contributed by atoms with Gasteiger partial charge in [-0.05, 0) is 18.2 Å². The van der Waals surface area contributed by atoms with E-state index in [1.165, 1.54) is 0 Å². The third-order valence-electron chi connectivity index (χ3n) is 2.58. The fourth-order valence-electron chi connectivity index (χ4n) is 1.83. The molecule has 0 radical (unpaired) electrons. The number of benzene rings is 2. The summed E-state index contributed by atoms with van der Waals surface area (Å²) in [5.41, 5.74) is 0. The number of hydrogen-bond acceptors (Lipinski definition) is 3. The molecule has 0 saturated carbocycles. The molecule has 16 heavy (non-hydrogen) atoms. The van der Waals surface area contributed by atoms with E-state index in [1.807, 2.05) is 30.3 Å². The van der Waals surface area contributed by atoms with Crippen LogP contribution in [-0.4, -0.2) is 21.3 Å². The summed E-state index contributed by atoms with van der Waals surface area (Å²) in [5, 5.41) is 1.92. The van der Waals surface area contributed by atoms with Crippen LogP contribution in [-0.2, 0) is 0 Å². The van der Waals surface area contributed by atoms with E-state index in [1.54, 1.807) is 21.3 Å². The van der Waals surface area contributed by atoms with Crippen LogP contribution >= 0.6 is 0 Å². The van der Waals surface area contributed by atoms with Crippen molar-refractivity contribution >= 4 is 10.8 Å². The number of rotatable bonds is 3. The van der Waals surface area contributed by atoms with Crippen molar-refractivity contribution in [2.75, 3.05) is 21.3 Å². The van der Waals surface area contributed by atoms with E-state index in [9.17, 15) is 0 Å². The number of hydrogen-bond donors (Lipinski definition) is 0. The van der Waals surface area contributed by atoms with Gasteiger partial charge in [-0.15, -0.1) is 0 Å². The van der Waals surface area contributed by atoms with Crippen LogP contribution in [0.2, 0.25) is 0 Å². The summed E-state index contributed by atoms with van der Waals surface area (Å²) in [6, 6.07) is 9.59. The van der Waals surface area contributed by atoms with Gasteiger partial charge in [0.25, 0.3) is 0 Å². The first-order valence-corrected chi connectivity index (χ1v) is 4.99. The average molecular weight is 218 g/mol. The molecule has 84 valence electrons. The van der Waals surface area contributed by atoms with Crippen LogP contribution in [0.4, 0.5) is 0 Å². The van der Waals surface area contributed by atoms with Gasteiger partial charge in [0.15, 0.2) is 0 Å². The highest BCUT2D eigenvalue weighted by Gasteiger charge is 2.11. The summed E-state index contributed by atoms with van der Waals surface area (Å²) < 4.78 is 16.0. The molecule has 0 aliphatic heterocycles. The molecule has 2 aromatic carbocycles. The first-order chi connectivity index (χ1) is 7.81. The van der Waals surface area contributed by atoms with Crippen LogP contribution in [0.1, 0.15) is 0 Å². The van der Waals surface area contributed by atoms with Gasteiger partial charge in [0.05, 0.1) is 26.7 Å². The molecule has 0 N–H and O–H groups in total. The quantitative estimate of drug-likeness (QED) is 0.792. The predicted molar refractivity (Wildman–Crippen MR) is 63.6 cm³/mol. The first-order valence-electron chi connectivity index (χ1n) is 4.99. The largest absolute Gasteiger partial charge is 0.496 e. The van der Waals surface area contributed by atoms with Gasteiger partial charge in [0.1, 0.15) is 17.2 Å². The number of methoxy groups -OCH3 is 3. The van der Waals surface area contributed by atoms with E-state index in [2.05, 4.69) is 0 Å². The minimum atomic E-state index is 0.785. The molecule has 3 heteroatoms. The number of ether oxygens (including phenoxy) is 3. The Labute approximate surface area is 94.5 Å². The van der Waals surface area contributed by atoms with E-state index in [4.69, 9.17) is 14.2 Å². The third-order valence-corrected chi connectivity index (χ3v) is 2.58. The molecule has 0 atom stereocenters. The van der Waals surface area contributed by atoms with E-state index in [0.717, 1.165) is 28.0 Å². The molecule has 0 amide bonds. The van der Waals surface area contributed by atoms with Gasteiger partial charge in [0.2, 0.25) is 0 Å². The fraction of sp³-hybridized carbons (Fsp3) is 0.231. The Bertz CT molecular complexity index is 495. The van der Waals surface area contributed by atoms with Crippen LogP contribution in [0.25, 0.3) is 10.8 Å². The third kappa shape index (κ3) is 1.54. The summed E-state index contributed by atoms with van der Waals surface area (Å²) in [7, 11) is 4.95. The second-order valence-corrected chi connectivity index (χ2v) is 3.35. The first kappa shape index (κ1) is 10.6. The van der Waals surface area contributed by atoms with Crippen LogP contribution in [0.3, 0.4) is 0 Å². The van der Waals surface area contributed by atoms with E-state index < -0.39 is 0 Å².